The molecular formula is C58H100O12. The van der Waals surface area contributed by atoms with Crippen molar-refractivity contribution in [1.29, 1.82) is 0 Å². The van der Waals surface area contributed by atoms with Gasteiger partial charge >= 0.3 is 17.9 Å². The number of allylic oxidation sites excluding steroid dienone is 9. The first-order valence-corrected chi connectivity index (χ1v) is 27.7. The minimum atomic E-state index is -0.875. The molecule has 0 saturated carbocycles. The van der Waals surface area contributed by atoms with E-state index in [2.05, 4.69) is 53.7 Å². The predicted octanol–water partition coefficient (Wildman–Crippen LogP) is 16.2. The smallest absolute Gasteiger partial charge is 0.306 e. The van der Waals surface area contributed by atoms with Gasteiger partial charge in [-0.2, -0.15) is 0 Å². The summed E-state index contributed by atoms with van der Waals surface area (Å²) in [4.78, 5) is 51.9. The Morgan fingerprint density at radius 1 is 0.371 bits per heavy atom. The zero-order valence-electron chi connectivity index (χ0n) is 44.2. The van der Waals surface area contributed by atoms with Crippen LogP contribution in [0.15, 0.2) is 72.9 Å². The molecule has 3 N–H and O–H groups in total. The second kappa shape index (κ2) is 53.4. The Kier molecular flexibility index (Phi) is 50.8. The highest BCUT2D eigenvalue weighted by Gasteiger charge is 2.20. The topological polar surface area (TPSA) is 167 Å². The van der Waals surface area contributed by atoms with Crippen molar-refractivity contribution in [2.75, 3.05) is 13.2 Å². The highest BCUT2D eigenvalue weighted by Crippen LogP contribution is 2.15. The van der Waals surface area contributed by atoms with Crippen molar-refractivity contribution >= 4 is 17.9 Å². The number of carbonyl (C=O) groups is 3. The fourth-order valence-corrected chi connectivity index (χ4v) is 7.67. The van der Waals surface area contributed by atoms with Crippen molar-refractivity contribution in [2.45, 2.75) is 263 Å². The molecule has 0 rings (SSSR count). The van der Waals surface area contributed by atoms with Crippen LogP contribution in [-0.2, 0) is 43.3 Å². The highest BCUT2D eigenvalue weighted by molar-refractivity contribution is 5.71. The molecule has 0 spiro atoms. The van der Waals surface area contributed by atoms with Gasteiger partial charge in [0.25, 0.3) is 0 Å². The second-order valence-corrected chi connectivity index (χ2v) is 18.6. The zero-order valence-corrected chi connectivity index (χ0v) is 44.2. The molecule has 0 aromatic rings. The fourth-order valence-electron chi connectivity index (χ4n) is 7.67. The molecule has 404 valence electrons. The van der Waals surface area contributed by atoms with Crippen LogP contribution in [0.1, 0.15) is 239 Å². The van der Waals surface area contributed by atoms with Crippen molar-refractivity contribution in [3.63, 3.8) is 0 Å². The van der Waals surface area contributed by atoms with Crippen LogP contribution in [0.5, 0.6) is 0 Å². The van der Waals surface area contributed by atoms with Crippen molar-refractivity contribution in [3.8, 4) is 0 Å². The van der Waals surface area contributed by atoms with Crippen molar-refractivity contribution in [2.24, 2.45) is 0 Å². The van der Waals surface area contributed by atoms with Gasteiger partial charge in [0.2, 0.25) is 0 Å². The Morgan fingerprint density at radius 3 is 1.04 bits per heavy atom. The van der Waals surface area contributed by atoms with Gasteiger partial charge in [0, 0.05) is 19.3 Å². The lowest BCUT2D eigenvalue weighted by atomic mass is 10.1. The SMILES string of the molecule is CCCCCC/C=C\C=C\C(CCCCCCCC(=O)OC[C@@H](COC(=O)CCCCCCC/C=C\C=C\C(CCCCC)OO)OC(=O)CCCCCCC/C=C\C=C\C(CCCCC)OO)OO. The van der Waals surface area contributed by atoms with Gasteiger partial charge in [0.1, 0.15) is 31.5 Å². The largest absolute Gasteiger partial charge is 0.462 e. The van der Waals surface area contributed by atoms with E-state index in [1.807, 2.05) is 54.7 Å². The Morgan fingerprint density at radius 2 is 0.671 bits per heavy atom. The molecule has 0 aliphatic carbocycles. The molecule has 0 amide bonds. The summed E-state index contributed by atoms with van der Waals surface area (Å²) in [5.74, 6) is -1.14. The molecule has 0 bridgehead atoms. The van der Waals surface area contributed by atoms with Crippen molar-refractivity contribution in [1.82, 2.24) is 0 Å². The fraction of sp³-hybridized carbons (Fsp3) is 0.741. The quantitative estimate of drug-likeness (QED) is 0.0132. The minimum Gasteiger partial charge on any atom is -0.462 e. The highest BCUT2D eigenvalue weighted by atomic mass is 17.1. The molecule has 4 atom stereocenters. The molecule has 3 unspecified atom stereocenters. The molecule has 0 fully saturated rings. The Bertz CT molecular complexity index is 1370. The minimum absolute atomic E-state index is 0.166. The van der Waals surface area contributed by atoms with Gasteiger partial charge in [0.05, 0.1) is 0 Å². The van der Waals surface area contributed by atoms with Crippen LogP contribution in [-0.4, -0.2) is 71.3 Å². The first-order chi connectivity index (χ1) is 34.3. The van der Waals surface area contributed by atoms with E-state index < -0.39 is 12.1 Å². The molecule has 70 heavy (non-hydrogen) atoms. The van der Waals surface area contributed by atoms with E-state index in [-0.39, 0.29) is 62.7 Å². The molecule has 0 heterocycles. The standard InChI is InChI=1S/C58H100O12/c1-4-7-10-11-12-19-25-36-45-54(70-64)46-37-28-24-31-39-48-57(60)66-51-55(67-58(61)49-40-30-23-18-14-16-21-27-35-44-53(69-63)42-33-9-6-3)50-65-56(59)47-38-29-22-17-13-15-20-26-34-43-52(68-62)41-32-8-5-2/h19-21,25-27,34-36,43-45,52-55,62-64H,4-18,22-24,28-33,37-42,46-51H2,1-3H3/b25-19-,26-20-,27-21-,43-34+,44-35+,45-36+/t52?,53?,54?,55-/m1/s1. The lowest BCUT2D eigenvalue weighted by Crippen LogP contribution is -2.30. The van der Waals surface area contributed by atoms with Crippen LogP contribution in [0, 0.1) is 0 Å². The molecule has 12 heteroatoms. The number of hydrogen-bond donors (Lipinski definition) is 3. The lowest BCUT2D eigenvalue weighted by molar-refractivity contribution is -0.267. The van der Waals surface area contributed by atoms with E-state index in [9.17, 15) is 19.6 Å². The van der Waals surface area contributed by atoms with Crippen LogP contribution in [0.2, 0.25) is 0 Å². The molecule has 0 aromatic heterocycles. The summed E-state index contributed by atoms with van der Waals surface area (Å²) in [6, 6.07) is 0. The number of rotatable bonds is 51. The van der Waals surface area contributed by atoms with Gasteiger partial charge in [-0.15, -0.1) is 0 Å². The summed E-state index contributed by atoms with van der Waals surface area (Å²) in [7, 11) is 0. The predicted molar refractivity (Wildman–Crippen MR) is 283 cm³/mol. The maximum absolute atomic E-state index is 12.9. The van der Waals surface area contributed by atoms with Gasteiger partial charge in [-0.25, -0.2) is 14.7 Å². The molecule has 0 aliphatic heterocycles. The normalized spacial score (nSPS) is 14.0. The van der Waals surface area contributed by atoms with Crippen LogP contribution >= 0.6 is 0 Å². The number of ether oxygens (including phenoxy) is 3. The monoisotopic (exact) mass is 989 g/mol. The van der Waals surface area contributed by atoms with E-state index in [1.165, 1.54) is 25.7 Å². The number of hydrogen-bond acceptors (Lipinski definition) is 12. The van der Waals surface area contributed by atoms with Gasteiger partial charge in [-0.3, -0.25) is 30.2 Å². The Balaban J connectivity index is 4.70. The number of esters is 3. The summed E-state index contributed by atoms with van der Waals surface area (Å²) < 4.78 is 16.7. The van der Waals surface area contributed by atoms with Crippen molar-refractivity contribution in [3.05, 3.63) is 72.9 Å². The van der Waals surface area contributed by atoms with Crippen molar-refractivity contribution < 1.29 is 59.0 Å². The summed E-state index contributed by atoms with van der Waals surface area (Å²) in [5.41, 5.74) is 0. The third kappa shape index (κ3) is 47.0. The van der Waals surface area contributed by atoms with Crippen LogP contribution in [0.25, 0.3) is 0 Å². The average Bonchev–Trinajstić information content (AvgIpc) is 3.36. The first-order valence-electron chi connectivity index (χ1n) is 27.7. The van der Waals surface area contributed by atoms with E-state index >= 15 is 0 Å². The van der Waals surface area contributed by atoms with E-state index in [1.54, 1.807) is 0 Å². The van der Waals surface area contributed by atoms with Crippen LogP contribution in [0.3, 0.4) is 0 Å². The van der Waals surface area contributed by atoms with Crippen LogP contribution < -0.4 is 0 Å². The van der Waals surface area contributed by atoms with E-state index in [4.69, 9.17) is 24.7 Å². The average molecular weight is 989 g/mol. The summed E-state index contributed by atoms with van der Waals surface area (Å²) in [5, 5.41) is 27.4. The summed E-state index contributed by atoms with van der Waals surface area (Å²) in [6.07, 6.45) is 53.2. The Labute approximate surface area is 425 Å². The number of unbranched alkanes of at least 4 members (excludes halogenated alkanes) is 22. The molecule has 12 nitrogen and oxygen atoms in total. The molecule has 0 radical (unpaired) electrons. The van der Waals surface area contributed by atoms with E-state index in [0.717, 1.165) is 148 Å². The molecule has 0 aromatic carbocycles. The summed E-state index contributed by atoms with van der Waals surface area (Å²) in [6.45, 7) is 6.16. The zero-order chi connectivity index (χ0) is 51.2. The number of carbonyl (C=O) groups excluding carboxylic acids is 3. The third-order valence-corrected chi connectivity index (χ3v) is 12.1. The van der Waals surface area contributed by atoms with E-state index in [0.29, 0.717) is 25.7 Å². The maximum atomic E-state index is 12.9. The second-order valence-electron chi connectivity index (χ2n) is 18.6. The maximum Gasteiger partial charge on any atom is 0.306 e. The third-order valence-electron chi connectivity index (χ3n) is 12.1. The molecule has 0 aliphatic rings. The van der Waals surface area contributed by atoms with Gasteiger partial charge in [0.15, 0.2) is 6.10 Å². The first kappa shape index (κ1) is 66.6. The van der Waals surface area contributed by atoms with Gasteiger partial charge in [-0.05, 0) is 77.0 Å². The molecular weight excluding hydrogens is 889 g/mol. The molecule has 0 saturated heterocycles. The van der Waals surface area contributed by atoms with Gasteiger partial charge < -0.3 is 14.2 Å². The summed E-state index contributed by atoms with van der Waals surface area (Å²) >= 11 is 0. The van der Waals surface area contributed by atoms with Crippen LogP contribution in [0.4, 0.5) is 0 Å². The van der Waals surface area contributed by atoms with Gasteiger partial charge in [-0.1, -0.05) is 216 Å². The lowest BCUT2D eigenvalue weighted by Gasteiger charge is -2.18. The Hall–Kier alpha value is -3.39.